The third kappa shape index (κ3) is 4.04. The Morgan fingerprint density at radius 1 is 1.52 bits per heavy atom. The molecule has 1 heterocycles. The van der Waals surface area contributed by atoms with Crippen LogP contribution >= 0.6 is 23.2 Å². The Balaban J connectivity index is 2.09. The van der Waals surface area contributed by atoms with Gasteiger partial charge in [-0.15, -0.1) is 0 Å². The number of ether oxygens (including phenoxy) is 1. The van der Waals surface area contributed by atoms with Crippen molar-refractivity contribution in [2.45, 2.75) is 6.04 Å². The molecular formula is C12H13Cl2N3O4. The number of non-ortho nitro benzene ring substituents is 1. The van der Waals surface area contributed by atoms with Gasteiger partial charge in [0, 0.05) is 31.3 Å². The van der Waals surface area contributed by atoms with Gasteiger partial charge in [-0.1, -0.05) is 23.2 Å². The zero-order chi connectivity index (χ0) is 15.4. The van der Waals surface area contributed by atoms with Crippen LogP contribution in [-0.4, -0.2) is 43.2 Å². The molecule has 2 rings (SSSR count). The number of hydrogen-bond donors (Lipinski definition) is 2. The molecule has 1 aromatic carbocycles. The molecule has 1 unspecified atom stereocenters. The molecule has 0 bridgehead atoms. The minimum Gasteiger partial charge on any atom is -0.378 e. The zero-order valence-corrected chi connectivity index (χ0v) is 12.4. The van der Waals surface area contributed by atoms with Crippen LogP contribution in [0.15, 0.2) is 12.1 Å². The van der Waals surface area contributed by atoms with Crippen LogP contribution in [0.25, 0.3) is 0 Å². The lowest BCUT2D eigenvalue weighted by Crippen LogP contribution is -2.48. The molecule has 0 aliphatic carbocycles. The number of amides is 1. The van der Waals surface area contributed by atoms with Crippen molar-refractivity contribution in [3.63, 3.8) is 0 Å². The first-order chi connectivity index (χ1) is 9.99. The molecular weight excluding hydrogens is 321 g/mol. The number of nitrogens with one attached hydrogen (secondary N) is 2. The quantitative estimate of drug-likeness (QED) is 0.645. The first kappa shape index (κ1) is 16.0. The Bertz CT molecular complexity index is 562. The summed E-state index contributed by atoms with van der Waals surface area (Å²) in [6, 6.07) is 2.21. The van der Waals surface area contributed by atoms with Crippen LogP contribution in [0.3, 0.4) is 0 Å². The van der Waals surface area contributed by atoms with Gasteiger partial charge in [-0.05, 0) is 0 Å². The summed E-state index contributed by atoms with van der Waals surface area (Å²) in [4.78, 5) is 22.3. The molecule has 1 aliphatic heterocycles. The normalized spacial score (nSPS) is 18.3. The molecule has 114 valence electrons. The van der Waals surface area contributed by atoms with Gasteiger partial charge in [0.15, 0.2) is 0 Å². The fourth-order valence-electron chi connectivity index (χ4n) is 1.91. The standard InChI is InChI=1S/C12H13Cl2N3O4/c13-10-4-8(17(19)20)3-9(11(10)14)12(18)16-5-7-6-21-2-1-15-7/h3-4,7,15H,1-2,5-6H2,(H,16,18). The van der Waals surface area contributed by atoms with E-state index in [9.17, 15) is 14.9 Å². The third-order valence-corrected chi connectivity index (χ3v) is 3.78. The van der Waals surface area contributed by atoms with Crippen molar-refractivity contribution < 1.29 is 14.5 Å². The highest BCUT2D eigenvalue weighted by atomic mass is 35.5. The number of nitro groups is 1. The molecule has 21 heavy (non-hydrogen) atoms. The zero-order valence-electron chi connectivity index (χ0n) is 10.9. The van der Waals surface area contributed by atoms with Crippen LogP contribution < -0.4 is 10.6 Å². The highest BCUT2D eigenvalue weighted by molar-refractivity contribution is 6.44. The second kappa shape index (κ2) is 7.04. The number of carbonyl (C=O) groups is 1. The third-order valence-electron chi connectivity index (χ3n) is 2.98. The number of morpholine rings is 1. The van der Waals surface area contributed by atoms with Crippen LogP contribution in [0, 0.1) is 10.1 Å². The average Bonchev–Trinajstić information content (AvgIpc) is 2.48. The summed E-state index contributed by atoms with van der Waals surface area (Å²) in [7, 11) is 0. The second-order valence-corrected chi connectivity index (χ2v) is 5.27. The highest BCUT2D eigenvalue weighted by Crippen LogP contribution is 2.30. The maximum absolute atomic E-state index is 12.1. The van der Waals surface area contributed by atoms with E-state index in [4.69, 9.17) is 27.9 Å². The highest BCUT2D eigenvalue weighted by Gasteiger charge is 2.20. The number of nitro benzene ring substituents is 1. The maximum atomic E-state index is 12.1. The molecule has 1 aromatic rings. The van der Waals surface area contributed by atoms with Gasteiger partial charge in [-0.2, -0.15) is 0 Å². The Morgan fingerprint density at radius 2 is 2.29 bits per heavy atom. The number of nitrogens with zero attached hydrogens (tertiary/aromatic N) is 1. The molecule has 2 N–H and O–H groups in total. The average molecular weight is 334 g/mol. The van der Waals surface area contributed by atoms with E-state index >= 15 is 0 Å². The Labute approximate surface area is 130 Å². The summed E-state index contributed by atoms with van der Waals surface area (Å²) in [6.45, 7) is 2.17. The predicted molar refractivity (Wildman–Crippen MR) is 78.1 cm³/mol. The molecule has 1 saturated heterocycles. The SMILES string of the molecule is O=C(NCC1COCCN1)c1cc([N+](=O)[O-])cc(Cl)c1Cl. The summed E-state index contributed by atoms with van der Waals surface area (Å²) in [5, 5.41) is 16.6. The summed E-state index contributed by atoms with van der Waals surface area (Å²) in [6.07, 6.45) is 0. The summed E-state index contributed by atoms with van der Waals surface area (Å²) >= 11 is 11.7. The predicted octanol–water partition coefficient (Wildman–Crippen LogP) is 1.62. The van der Waals surface area contributed by atoms with E-state index in [0.717, 1.165) is 12.1 Å². The molecule has 7 nitrogen and oxygen atoms in total. The lowest BCUT2D eigenvalue weighted by atomic mass is 10.1. The van der Waals surface area contributed by atoms with Crippen molar-refractivity contribution in [1.29, 1.82) is 0 Å². The largest absolute Gasteiger partial charge is 0.378 e. The fourth-order valence-corrected chi connectivity index (χ4v) is 2.32. The first-order valence-corrected chi connectivity index (χ1v) is 6.97. The van der Waals surface area contributed by atoms with Gasteiger partial charge in [-0.3, -0.25) is 14.9 Å². The van der Waals surface area contributed by atoms with Gasteiger partial charge in [-0.25, -0.2) is 0 Å². The number of benzene rings is 1. The Kier molecular flexibility index (Phi) is 5.35. The molecule has 0 aromatic heterocycles. The minimum absolute atomic E-state index is 0.00403. The van der Waals surface area contributed by atoms with Gasteiger partial charge in [0.05, 0.1) is 33.7 Å². The number of rotatable bonds is 4. The van der Waals surface area contributed by atoms with Crippen molar-refractivity contribution in [3.05, 3.63) is 37.9 Å². The smallest absolute Gasteiger partial charge is 0.271 e. The number of hydrogen-bond acceptors (Lipinski definition) is 5. The molecule has 0 saturated carbocycles. The number of halogens is 2. The van der Waals surface area contributed by atoms with Gasteiger partial charge in [0.2, 0.25) is 0 Å². The van der Waals surface area contributed by atoms with Gasteiger partial charge in [0.25, 0.3) is 11.6 Å². The van der Waals surface area contributed by atoms with Gasteiger partial charge >= 0.3 is 0 Å². The monoisotopic (exact) mass is 333 g/mol. The van der Waals surface area contributed by atoms with Crippen molar-refractivity contribution in [2.24, 2.45) is 0 Å². The molecule has 1 atom stereocenters. The minimum atomic E-state index is -0.629. The molecule has 0 spiro atoms. The van der Waals surface area contributed by atoms with Crippen molar-refractivity contribution in [3.8, 4) is 0 Å². The number of carbonyl (C=O) groups excluding carboxylic acids is 1. The summed E-state index contributed by atoms with van der Waals surface area (Å²) < 4.78 is 5.26. The van der Waals surface area contributed by atoms with E-state index in [2.05, 4.69) is 10.6 Å². The van der Waals surface area contributed by atoms with Gasteiger partial charge < -0.3 is 15.4 Å². The van der Waals surface area contributed by atoms with E-state index in [0.29, 0.717) is 26.3 Å². The van der Waals surface area contributed by atoms with Crippen LogP contribution in [0.5, 0.6) is 0 Å². The van der Waals surface area contributed by atoms with Crippen molar-refractivity contribution in [2.75, 3.05) is 26.3 Å². The van der Waals surface area contributed by atoms with Crippen molar-refractivity contribution in [1.82, 2.24) is 10.6 Å². The lowest BCUT2D eigenvalue weighted by molar-refractivity contribution is -0.384. The van der Waals surface area contributed by atoms with E-state index in [1.54, 1.807) is 0 Å². The molecule has 1 aliphatic rings. The lowest BCUT2D eigenvalue weighted by Gasteiger charge is -2.24. The topological polar surface area (TPSA) is 93.5 Å². The molecule has 1 amide bonds. The van der Waals surface area contributed by atoms with Crippen LogP contribution in [0.2, 0.25) is 10.0 Å². The summed E-state index contributed by atoms with van der Waals surface area (Å²) in [5.41, 5.74) is -0.304. The fraction of sp³-hybridized carbons (Fsp3) is 0.417. The van der Waals surface area contributed by atoms with Crippen LogP contribution in [-0.2, 0) is 4.74 Å². The van der Waals surface area contributed by atoms with E-state index in [1.165, 1.54) is 0 Å². The second-order valence-electron chi connectivity index (χ2n) is 4.48. The van der Waals surface area contributed by atoms with E-state index < -0.39 is 10.8 Å². The van der Waals surface area contributed by atoms with Crippen LogP contribution in [0.4, 0.5) is 5.69 Å². The van der Waals surface area contributed by atoms with Crippen molar-refractivity contribution >= 4 is 34.8 Å². The van der Waals surface area contributed by atoms with E-state index in [-0.39, 0.29) is 27.3 Å². The van der Waals surface area contributed by atoms with Crippen LogP contribution in [0.1, 0.15) is 10.4 Å². The molecule has 9 heteroatoms. The Morgan fingerprint density at radius 3 is 2.90 bits per heavy atom. The molecule has 1 fully saturated rings. The van der Waals surface area contributed by atoms with Gasteiger partial charge in [0.1, 0.15) is 0 Å². The Hall–Kier alpha value is -1.41. The summed E-state index contributed by atoms with van der Waals surface area (Å²) in [5.74, 6) is -0.516. The van der Waals surface area contributed by atoms with E-state index in [1.807, 2.05) is 0 Å². The first-order valence-electron chi connectivity index (χ1n) is 6.22. The maximum Gasteiger partial charge on any atom is 0.271 e. The molecule has 0 radical (unpaired) electrons.